The summed E-state index contributed by atoms with van der Waals surface area (Å²) in [5.41, 5.74) is 2.85. The monoisotopic (exact) mass is 394 g/mol. The zero-order valence-corrected chi connectivity index (χ0v) is 17.1. The van der Waals surface area contributed by atoms with Crippen LogP contribution in [0.2, 0.25) is 0 Å². The second kappa shape index (κ2) is 10.2. The molecule has 0 bridgehead atoms. The molecule has 2 N–H and O–H groups in total. The molecule has 2 rings (SSSR count). The highest BCUT2D eigenvalue weighted by Crippen LogP contribution is 2.16. The number of esters is 1. The van der Waals surface area contributed by atoms with E-state index in [1.165, 1.54) is 13.0 Å². The zero-order valence-electron chi connectivity index (χ0n) is 17.1. The van der Waals surface area contributed by atoms with Crippen LogP contribution >= 0.6 is 0 Å². The number of carbonyl (C=O) groups excluding carboxylic acids is 3. The lowest BCUT2D eigenvalue weighted by Crippen LogP contribution is -2.21. The Hall–Kier alpha value is -3.41. The highest BCUT2D eigenvalue weighted by Gasteiger charge is 2.09. The van der Waals surface area contributed by atoms with Crippen molar-refractivity contribution in [2.45, 2.75) is 34.2 Å². The van der Waals surface area contributed by atoms with Crippen molar-refractivity contribution in [2.24, 2.45) is 5.92 Å². The van der Waals surface area contributed by atoms with E-state index >= 15 is 0 Å². The third-order valence-electron chi connectivity index (χ3n) is 4.28. The third kappa shape index (κ3) is 7.25. The van der Waals surface area contributed by atoms with Gasteiger partial charge in [-0.05, 0) is 48.7 Å². The van der Waals surface area contributed by atoms with E-state index in [1.807, 2.05) is 32.9 Å². The average molecular weight is 394 g/mol. The summed E-state index contributed by atoms with van der Waals surface area (Å²) in [5, 5.41) is 5.66. The number of carbonyl (C=O) groups is 3. The minimum atomic E-state index is -0.448. The van der Waals surface area contributed by atoms with Crippen molar-refractivity contribution in [1.82, 2.24) is 5.32 Å². The first-order valence-corrected chi connectivity index (χ1v) is 9.39. The largest absolute Gasteiger partial charge is 0.427 e. The number of rotatable bonds is 7. The van der Waals surface area contributed by atoms with Gasteiger partial charge in [-0.25, -0.2) is 0 Å². The van der Waals surface area contributed by atoms with Gasteiger partial charge in [-0.15, -0.1) is 0 Å². The molecule has 0 atom stereocenters. The maximum Gasteiger partial charge on any atom is 0.308 e. The van der Waals surface area contributed by atoms with Crippen molar-refractivity contribution < 1.29 is 19.1 Å². The minimum Gasteiger partial charge on any atom is -0.427 e. The fourth-order valence-corrected chi connectivity index (χ4v) is 2.44. The van der Waals surface area contributed by atoms with Crippen LogP contribution in [0.1, 0.15) is 43.6 Å². The molecule has 29 heavy (non-hydrogen) atoms. The highest BCUT2D eigenvalue weighted by atomic mass is 16.5. The molecule has 0 saturated carbocycles. The van der Waals surface area contributed by atoms with Gasteiger partial charge in [-0.2, -0.15) is 0 Å². The predicted molar refractivity (Wildman–Crippen MR) is 113 cm³/mol. The molecule has 152 valence electrons. The van der Waals surface area contributed by atoms with Crippen molar-refractivity contribution in [3.05, 3.63) is 71.3 Å². The molecule has 0 radical (unpaired) electrons. The smallest absolute Gasteiger partial charge is 0.308 e. The number of benzene rings is 2. The lowest BCUT2D eigenvalue weighted by molar-refractivity contribution is -0.131. The Labute approximate surface area is 171 Å². The lowest BCUT2D eigenvalue weighted by Gasteiger charge is -2.10. The van der Waals surface area contributed by atoms with Gasteiger partial charge in [-0.3, -0.25) is 14.4 Å². The first-order chi connectivity index (χ1) is 13.7. The Bertz CT molecular complexity index is 932. The van der Waals surface area contributed by atoms with Gasteiger partial charge < -0.3 is 15.4 Å². The normalized spacial score (nSPS) is 11.1. The SMILES string of the molecule is CC(=O)Oc1cccc(C(=O)Nc2cccc(CNC(=O)/C=C(\C)C(C)C)c2)c1. The first kappa shape index (κ1) is 21.9. The quantitative estimate of drug-likeness (QED) is 0.421. The molecule has 0 saturated heterocycles. The maximum absolute atomic E-state index is 12.5. The van der Waals surface area contributed by atoms with Crippen LogP contribution in [0.25, 0.3) is 0 Å². The van der Waals surface area contributed by atoms with Crippen LogP contribution in [0, 0.1) is 5.92 Å². The summed E-state index contributed by atoms with van der Waals surface area (Å²) in [6, 6.07) is 13.6. The maximum atomic E-state index is 12.5. The highest BCUT2D eigenvalue weighted by molar-refractivity contribution is 6.04. The summed E-state index contributed by atoms with van der Waals surface area (Å²) in [4.78, 5) is 35.5. The number of anilines is 1. The van der Waals surface area contributed by atoms with E-state index in [4.69, 9.17) is 4.74 Å². The standard InChI is InChI=1S/C23H26N2O4/c1-15(2)16(3)11-22(27)24-14-18-7-5-9-20(12-18)25-23(28)19-8-6-10-21(13-19)29-17(4)26/h5-13,15H,14H2,1-4H3,(H,24,27)(H,25,28)/b16-11+. The molecule has 0 fully saturated rings. The molecule has 0 aliphatic rings. The van der Waals surface area contributed by atoms with Crippen molar-refractivity contribution in [2.75, 3.05) is 5.32 Å². The van der Waals surface area contributed by atoms with Gasteiger partial charge in [0.25, 0.3) is 5.91 Å². The molecule has 2 aromatic rings. The molecule has 0 aromatic heterocycles. The molecule has 0 unspecified atom stereocenters. The van der Waals surface area contributed by atoms with Gasteiger partial charge in [0, 0.05) is 30.8 Å². The number of amides is 2. The second-order valence-electron chi connectivity index (χ2n) is 7.04. The van der Waals surface area contributed by atoms with Crippen molar-refractivity contribution in [3.63, 3.8) is 0 Å². The van der Waals surface area contributed by atoms with Crippen LogP contribution in [-0.4, -0.2) is 17.8 Å². The van der Waals surface area contributed by atoms with Crippen LogP contribution in [0.4, 0.5) is 5.69 Å². The molecule has 0 heterocycles. The average Bonchev–Trinajstić information content (AvgIpc) is 2.66. The third-order valence-corrected chi connectivity index (χ3v) is 4.28. The van der Waals surface area contributed by atoms with E-state index in [2.05, 4.69) is 10.6 Å². The molecule has 6 heteroatoms. The number of nitrogens with one attached hydrogen (secondary N) is 2. The summed E-state index contributed by atoms with van der Waals surface area (Å²) in [5.74, 6) is -0.288. The Morgan fingerprint density at radius 3 is 2.45 bits per heavy atom. The molecular weight excluding hydrogens is 368 g/mol. The van der Waals surface area contributed by atoms with Crippen LogP contribution in [0.15, 0.2) is 60.2 Å². The van der Waals surface area contributed by atoms with Gasteiger partial charge >= 0.3 is 5.97 Å². The Balaban J connectivity index is 2.01. The minimum absolute atomic E-state index is 0.145. The van der Waals surface area contributed by atoms with Crippen LogP contribution < -0.4 is 15.4 Å². The first-order valence-electron chi connectivity index (χ1n) is 9.39. The van der Waals surface area contributed by atoms with E-state index in [1.54, 1.807) is 36.4 Å². The number of hydrogen-bond donors (Lipinski definition) is 2. The van der Waals surface area contributed by atoms with Gasteiger partial charge in [0.05, 0.1) is 0 Å². The van der Waals surface area contributed by atoms with Crippen molar-refractivity contribution >= 4 is 23.5 Å². The Kier molecular flexibility index (Phi) is 7.71. The Morgan fingerprint density at radius 2 is 1.76 bits per heavy atom. The van der Waals surface area contributed by atoms with E-state index < -0.39 is 5.97 Å². The van der Waals surface area contributed by atoms with Crippen LogP contribution in [-0.2, 0) is 16.1 Å². The molecule has 0 aliphatic carbocycles. The summed E-state index contributed by atoms with van der Waals surface area (Å²) >= 11 is 0. The molecule has 2 aromatic carbocycles. The number of allylic oxidation sites excluding steroid dienone is 1. The summed E-state index contributed by atoms with van der Waals surface area (Å²) in [6.45, 7) is 7.65. The zero-order chi connectivity index (χ0) is 21.4. The van der Waals surface area contributed by atoms with Gasteiger partial charge in [0.2, 0.25) is 5.91 Å². The van der Waals surface area contributed by atoms with Gasteiger partial charge in [0.1, 0.15) is 5.75 Å². The lowest BCUT2D eigenvalue weighted by atomic mass is 10.1. The summed E-state index contributed by atoms with van der Waals surface area (Å²) < 4.78 is 5.01. The van der Waals surface area contributed by atoms with E-state index in [9.17, 15) is 14.4 Å². The Morgan fingerprint density at radius 1 is 1.03 bits per heavy atom. The van der Waals surface area contributed by atoms with E-state index in [-0.39, 0.29) is 11.8 Å². The fourth-order valence-electron chi connectivity index (χ4n) is 2.44. The van der Waals surface area contributed by atoms with E-state index in [0.29, 0.717) is 29.5 Å². The molecule has 0 aliphatic heterocycles. The van der Waals surface area contributed by atoms with Gasteiger partial charge in [-0.1, -0.05) is 37.6 Å². The second-order valence-corrected chi connectivity index (χ2v) is 7.04. The van der Waals surface area contributed by atoms with E-state index in [0.717, 1.165) is 11.1 Å². The molecule has 6 nitrogen and oxygen atoms in total. The summed E-state index contributed by atoms with van der Waals surface area (Å²) in [6.07, 6.45) is 1.60. The predicted octanol–water partition coefficient (Wildman–Crippen LogP) is 4.08. The fraction of sp³-hybridized carbons (Fsp3) is 0.261. The van der Waals surface area contributed by atoms with Crippen molar-refractivity contribution in [1.29, 1.82) is 0 Å². The number of hydrogen-bond acceptors (Lipinski definition) is 4. The van der Waals surface area contributed by atoms with Crippen LogP contribution in [0.3, 0.4) is 0 Å². The van der Waals surface area contributed by atoms with Crippen LogP contribution in [0.5, 0.6) is 5.75 Å². The summed E-state index contributed by atoms with van der Waals surface area (Å²) in [7, 11) is 0. The molecule has 2 amide bonds. The topological polar surface area (TPSA) is 84.5 Å². The molecule has 0 spiro atoms. The van der Waals surface area contributed by atoms with Gasteiger partial charge in [0.15, 0.2) is 0 Å². The van der Waals surface area contributed by atoms with Crippen molar-refractivity contribution in [3.8, 4) is 5.75 Å². The molecular formula is C23H26N2O4. The number of ether oxygens (including phenoxy) is 1.